The number of carboxylic acid groups (broad SMARTS) is 1. The monoisotopic (exact) mass is 318 g/mol. The van der Waals surface area contributed by atoms with Crippen molar-refractivity contribution in [3.8, 4) is 11.5 Å². The van der Waals surface area contributed by atoms with E-state index in [1.54, 1.807) is 31.4 Å². The molecule has 0 aromatic heterocycles. The molecule has 0 aliphatic heterocycles. The van der Waals surface area contributed by atoms with Crippen LogP contribution < -0.4 is 9.47 Å². The Labute approximate surface area is 134 Å². The van der Waals surface area contributed by atoms with Crippen LogP contribution in [0.25, 0.3) is 0 Å². The Morgan fingerprint density at radius 2 is 1.70 bits per heavy atom. The van der Waals surface area contributed by atoms with Gasteiger partial charge in [-0.15, -0.1) is 0 Å². The van der Waals surface area contributed by atoms with E-state index >= 15 is 0 Å². The minimum Gasteiger partial charge on any atom is -0.497 e. The van der Waals surface area contributed by atoms with E-state index in [-0.39, 0.29) is 5.82 Å². The molecule has 0 heterocycles. The van der Waals surface area contributed by atoms with Crippen LogP contribution in [0.2, 0.25) is 0 Å². The minimum absolute atomic E-state index is 0.374. The fourth-order valence-electron chi connectivity index (χ4n) is 2.28. The number of rotatable bonds is 8. The third-order valence-electron chi connectivity index (χ3n) is 3.54. The van der Waals surface area contributed by atoms with Crippen LogP contribution in [0.3, 0.4) is 0 Å². The molecule has 0 saturated carbocycles. The lowest BCUT2D eigenvalue weighted by molar-refractivity contribution is -0.139. The van der Waals surface area contributed by atoms with Gasteiger partial charge in [-0.2, -0.15) is 0 Å². The second-order valence-corrected chi connectivity index (χ2v) is 5.11. The Kier molecular flexibility index (Phi) is 5.97. The summed E-state index contributed by atoms with van der Waals surface area (Å²) in [5.74, 6) is -0.490. The largest absolute Gasteiger partial charge is 0.497 e. The van der Waals surface area contributed by atoms with Crippen molar-refractivity contribution in [1.29, 1.82) is 0 Å². The van der Waals surface area contributed by atoms with Crippen molar-refractivity contribution in [3.05, 3.63) is 59.9 Å². The van der Waals surface area contributed by atoms with E-state index < -0.39 is 11.9 Å². The Morgan fingerprint density at radius 3 is 2.26 bits per heavy atom. The number of hydrogen-bond acceptors (Lipinski definition) is 3. The molecule has 4 nitrogen and oxygen atoms in total. The van der Waals surface area contributed by atoms with Crippen LogP contribution in [0.5, 0.6) is 11.5 Å². The molecular weight excluding hydrogens is 299 g/mol. The molecule has 0 spiro atoms. The molecule has 122 valence electrons. The molecule has 0 radical (unpaired) electrons. The summed E-state index contributed by atoms with van der Waals surface area (Å²) in [7, 11) is 1.59. The summed E-state index contributed by atoms with van der Waals surface area (Å²) in [6.07, 6.45) is 1.01. The van der Waals surface area contributed by atoms with Crippen molar-refractivity contribution in [2.45, 2.75) is 18.8 Å². The van der Waals surface area contributed by atoms with E-state index in [0.717, 1.165) is 5.75 Å². The van der Waals surface area contributed by atoms with Crippen molar-refractivity contribution >= 4 is 5.97 Å². The van der Waals surface area contributed by atoms with Crippen molar-refractivity contribution in [1.82, 2.24) is 0 Å². The first-order valence-corrected chi connectivity index (χ1v) is 7.35. The van der Waals surface area contributed by atoms with Gasteiger partial charge in [-0.3, -0.25) is 4.79 Å². The van der Waals surface area contributed by atoms with Crippen LogP contribution in [0, 0.1) is 5.82 Å². The molecule has 0 aliphatic carbocycles. The van der Waals surface area contributed by atoms with Gasteiger partial charge in [-0.05, 0) is 54.8 Å². The van der Waals surface area contributed by atoms with Crippen LogP contribution in [-0.4, -0.2) is 24.8 Å². The number of carbonyl (C=O) groups is 1. The zero-order chi connectivity index (χ0) is 16.7. The van der Waals surface area contributed by atoms with E-state index in [4.69, 9.17) is 9.47 Å². The standard InChI is InChI=1S/C18H19FO4/c1-22-15-8-10-16(11-9-15)23-12-2-3-17(18(20)21)13-4-6-14(19)7-5-13/h4-11,17H,2-3,12H2,1H3,(H,20,21). The van der Waals surface area contributed by atoms with Gasteiger partial charge in [0.15, 0.2) is 0 Å². The highest BCUT2D eigenvalue weighted by molar-refractivity contribution is 5.75. The summed E-state index contributed by atoms with van der Waals surface area (Å²) in [6, 6.07) is 12.8. The van der Waals surface area contributed by atoms with Gasteiger partial charge >= 0.3 is 5.97 Å². The molecule has 23 heavy (non-hydrogen) atoms. The fraction of sp³-hybridized carbons (Fsp3) is 0.278. The maximum absolute atomic E-state index is 12.9. The SMILES string of the molecule is COc1ccc(OCCCC(C(=O)O)c2ccc(F)cc2)cc1. The van der Waals surface area contributed by atoms with Gasteiger partial charge in [0.1, 0.15) is 17.3 Å². The number of hydrogen-bond donors (Lipinski definition) is 1. The van der Waals surface area contributed by atoms with E-state index in [2.05, 4.69) is 0 Å². The number of ether oxygens (including phenoxy) is 2. The first kappa shape index (κ1) is 16.8. The van der Waals surface area contributed by atoms with Crippen LogP contribution in [0.1, 0.15) is 24.3 Å². The van der Waals surface area contributed by atoms with E-state index in [0.29, 0.717) is 30.8 Å². The predicted octanol–water partition coefficient (Wildman–Crippen LogP) is 3.86. The number of methoxy groups -OCH3 is 1. The Morgan fingerprint density at radius 1 is 1.09 bits per heavy atom. The topological polar surface area (TPSA) is 55.8 Å². The highest BCUT2D eigenvalue weighted by atomic mass is 19.1. The van der Waals surface area contributed by atoms with Gasteiger partial charge in [0.25, 0.3) is 0 Å². The van der Waals surface area contributed by atoms with Crippen molar-refractivity contribution in [2.24, 2.45) is 0 Å². The quantitative estimate of drug-likeness (QED) is 0.751. The van der Waals surface area contributed by atoms with Crippen LogP contribution >= 0.6 is 0 Å². The molecule has 2 rings (SSSR count). The van der Waals surface area contributed by atoms with Crippen LogP contribution in [-0.2, 0) is 4.79 Å². The van der Waals surface area contributed by atoms with Crippen LogP contribution in [0.15, 0.2) is 48.5 Å². The van der Waals surface area contributed by atoms with Gasteiger partial charge in [-0.25, -0.2) is 4.39 Å². The van der Waals surface area contributed by atoms with E-state index in [9.17, 15) is 14.3 Å². The lowest BCUT2D eigenvalue weighted by Crippen LogP contribution is -2.13. The molecule has 1 unspecified atom stereocenters. The van der Waals surface area contributed by atoms with Crippen molar-refractivity contribution in [2.75, 3.05) is 13.7 Å². The molecule has 0 bridgehead atoms. The summed E-state index contributed by atoms with van der Waals surface area (Å²) in [5, 5.41) is 9.32. The van der Waals surface area contributed by atoms with Gasteiger partial charge in [0.05, 0.1) is 19.6 Å². The second kappa shape index (κ2) is 8.17. The Bertz CT molecular complexity index is 622. The maximum atomic E-state index is 12.9. The van der Waals surface area contributed by atoms with Gasteiger partial charge in [0, 0.05) is 0 Å². The molecule has 0 fully saturated rings. The smallest absolute Gasteiger partial charge is 0.310 e. The molecule has 1 N–H and O–H groups in total. The van der Waals surface area contributed by atoms with Gasteiger partial charge < -0.3 is 14.6 Å². The average Bonchev–Trinajstić information content (AvgIpc) is 2.56. The molecular formula is C18H19FO4. The van der Waals surface area contributed by atoms with Gasteiger partial charge in [-0.1, -0.05) is 12.1 Å². The van der Waals surface area contributed by atoms with Crippen molar-refractivity contribution in [3.63, 3.8) is 0 Å². The highest BCUT2D eigenvalue weighted by Crippen LogP contribution is 2.23. The summed E-state index contributed by atoms with van der Waals surface area (Å²) in [6.45, 7) is 0.414. The molecule has 5 heteroatoms. The lowest BCUT2D eigenvalue weighted by Gasteiger charge is -2.13. The van der Waals surface area contributed by atoms with Gasteiger partial charge in [0.2, 0.25) is 0 Å². The number of aliphatic carboxylic acids is 1. The van der Waals surface area contributed by atoms with Crippen LogP contribution in [0.4, 0.5) is 4.39 Å². The minimum atomic E-state index is -0.916. The summed E-state index contributed by atoms with van der Waals surface area (Å²) < 4.78 is 23.6. The first-order chi connectivity index (χ1) is 11.1. The maximum Gasteiger partial charge on any atom is 0.310 e. The summed E-state index contributed by atoms with van der Waals surface area (Å²) in [5.41, 5.74) is 0.600. The average molecular weight is 318 g/mol. The highest BCUT2D eigenvalue weighted by Gasteiger charge is 2.19. The normalized spacial score (nSPS) is 11.7. The third kappa shape index (κ3) is 4.98. The molecule has 0 saturated heterocycles. The Hall–Kier alpha value is -2.56. The number of halogens is 1. The van der Waals surface area contributed by atoms with E-state index in [1.165, 1.54) is 24.3 Å². The molecule has 0 aliphatic rings. The third-order valence-corrected chi connectivity index (χ3v) is 3.54. The summed E-state index contributed by atoms with van der Waals surface area (Å²) >= 11 is 0. The lowest BCUT2D eigenvalue weighted by atomic mass is 9.94. The predicted molar refractivity (Wildman–Crippen MR) is 84.5 cm³/mol. The molecule has 1 atom stereocenters. The molecule has 2 aromatic carbocycles. The first-order valence-electron chi connectivity index (χ1n) is 7.35. The summed E-state index contributed by atoms with van der Waals surface area (Å²) in [4.78, 5) is 11.4. The zero-order valence-corrected chi connectivity index (χ0v) is 12.9. The van der Waals surface area contributed by atoms with E-state index in [1.807, 2.05) is 0 Å². The second-order valence-electron chi connectivity index (χ2n) is 5.11. The number of benzene rings is 2. The molecule has 0 amide bonds. The zero-order valence-electron chi connectivity index (χ0n) is 12.9. The Balaban J connectivity index is 1.84. The van der Waals surface area contributed by atoms with Crippen molar-refractivity contribution < 1.29 is 23.8 Å². The molecule has 2 aromatic rings. The number of carboxylic acids is 1. The fourth-order valence-corrected chi connectivity index (χ4v) is 2.28.